The monoisotopic (exact) mass is 264 g/mol. The molecule has 0 aliphatic carbocycles. The van der Waals surface area contributed by atoms with Crippen LogP contribution in [0.3, 0.4) is 0 Å². The van der Waals surface area contributed by atoms with Crippen molar-refractivity contribution in [1.82, 2.24) is 0 Å². The molecule has 2 aromatic rings. The first-order valence-electron chi connectivity index (χ1n) is 5.25. The van der Waals surface area contributed by atoms with E-state index in [0.717, 1.165) is 11.6 Å². The number of hydrogen-bond donors (Lipinski definition) is 2. The summed E-state index contributed by atoms with van der Waals surface area (Å²) in [7, 11) is -3.76. The molecule has 2 N–H and O–H groups in total. The summed E-state index contributed by atoms with van der Waals surface area (Å²) in [5.41, 5.74) is 0.948. The second-order valence-corrected chi connectivity index (χ2v) is 5.89. The van der Waals surface area contributed by atoms with Crippen LogP contribution in [-0.4, -0.2) is 18.6 Å². The highest BCUT2D eigenvalue weighted by Crippen LogP contribution is 2.31. The number of phenolic OH excluding ortho intramolecular Hbond substituents is 2. The van der Waals surface area contributed by atoms with Gasteiger partial charge in [0.15, 0.2) is 0 Å². The van der Waals surface area contributed by atoms with Gasteiger partial charge in [0.1, 0.15) is 16.4 Å². The molecule has 0 aliphatic heterocycles. The van der Waals surface area contributed by atoms with E-state index in [9.17, 15) is 13.5 Å². The molecule has 0 unspecified atom stereocenters. The lowest BCUT2D eigenvalue weighted by Gasteiger charge is -2.07. The van der Waals surface area contributed by atoms with Gasteiger partial charge >= 0.3 is 0 Å². The second kappa shape index (κ2) is 4.34. The van der Waals surface area contributed by atoms with Crippen LogP contribution in [0.25, 0.3) is 0 Å². The smallest absolute Gasteiger partial charge is 0.210 e. The molecule has 0 heterocycles. The largest absolute Gasteiger partial charge is 0.508 e. The van der Waals surface area contributed by atoms with Crippen molar-refractivity contribution < 1.29 is 18.6 Å². The molecule has 0 atom stereocenters. The summed E-state index contributed by atoms with van der Waals surface area (Å²) in [4.78, 5) is -0.113. The molecule has 2 aromatic carbocycles. The Hall–Kier alpha value is -2.01. The lowest BCUT2D eigenvalue weighted by atomic mass is 10.2. The van der Waals surface area contributed by atoms with E-state index in [1.165, 1.54) is 24.3 Å². The molecule has 94 valence electrons. The van der Waals surface area contributed by atoms with Gasteiger partial charge in [-0.25, -0.2) is 8.42 Å². The number of phenols is 2. The fourth-order valence-electron chi connectivity index (χ4n) is 1.58. The maximum absolute atomic E-state index is 12.2. The minimum absolute atomic E-state index is 0.106. The molecule has 0 amide bonds. The Balaban J connectivity index is 2.58. The zero-order chi connectivity index (χ0) is 13.3. The van der Waals surface area contributed by atoms with Gasteiger partial charge in [0.05, 0.1) is 4.90 Å². The molecule has 0 bridgehead atoms. The fourth-order valence-corrected chi connectivity index (χ4v) is 2.91. The number of hydrogen-bond acceptors (Lipinski definition) is 4. The van der Waals surface area contributed by atoms with Crippen molar-refractivity contribution in [3.05, 3.63) is 48.0 Å². The minimum Gasteiger partial charge on any atom is -0.508 e. The molecule has 5 heteroatoms. The zero-order valence-electron chi connectivity index (χ0n) is 9.66. The van der Waals surface area contributed by atoms with E-state index in [-0.39, 0.29) is 15.5 Å². The van der Waals surface area contributed by atoms with Gasteiger partial charge in [0.2, 0.25) is 9.84 Å². The van der Waals surface area contributed by atoms with E-state index in [0.29, 0.717) is 0 Å². The second-order valence-electron chi connectivity index (χ2n) is 3.97. The van der Waals surface area contributed by atoms with Gasteiger partial charge in [-0.2, -0.15) is 0 Å². The summed E-state index contributed by atoms with van der Waals surface area (Å²) in [6.45, 7) is 1.86. The van der Waals surface area contributed by atoms with Crippen molar-refractivity contribution in [2.24, 2.45) is 0 Å². The van der Waals surface area contributed by atoms with Crippen LogP contribution in [0.15, 0.2) is 52.3 Å². The lowest BCUT2D eigenvalue weighted by molar-refractivity contribution is 0.439. The quantitative estimate of drug-likeness (QED) is 0.872. The van der Waals surface area contributed by atoms with E-state index in [1.807, 2.05) is 6.92 Å². The molecular formula is C13H12O4S. The maximum atomic E-state index is 12.2. The third kappa shape index (κ3) is 2.17. The molecular weight excluding hydrogens is 252 g/mol. The third-order valence-corrected chi connectivity index (χ3v) is 4.38. The van der Waals surface area contributed by atoms with Crippen LogP contribution in [0, 0.1) is 6.92 Å². The Morgan fingerprint density at radius 1 is 0.944 bits per heavy atom. The van der Waals surface area contributed by atoms with Crippen LogP contribution < -0.4 is 0 Å². The average Bonchev–Trinajstić information content (AvgIpc) is 2.29. The van der Waals surface area contributed by atoms with Crippen LogP contribution in [0.5, 0.6) is 11.5 Å². The summed E-state index contributed by atoms with van der Waals surface area (Å²) >= 11 is 0. The van der Waals surface area contributed by atoms with Gasteiger partial charge in [-0.05, 0) is 31.2 Å². The number of aryl methyl sites for hydroxylation is 1. The van der Waals surface area contributed by atoms with E-state index in [2.05, 4.69) is 0 Å². The standard InChI is InChI=1S/C13H12O4S/c1-9-2-5-11(6-3-9)18(16,17)13-7-4-10(14)8-12(13)15/h2-8,14-15H,1H3. The molecule has 0 radical (unpaired) electrons. The molecule has 18 heavy (non-hydrogen) atoms. The van der Waals surface area contributed by atoms with Gasteiger partial charge in [0.25, 0.3) is 0 Å². The fraction of sp³-hybridized carbons (Fsp3) is 0.0769. The lowest BCUT2D eigenvalue weighted by Crippen LogP contribution is -2.02. The predicted molar refractivity (Wildman–Crippen MR) is 66.4 cm³/mol. The average molecular weight is 264 g/mol. The highest BCUT2D eigenvalue weighted by atomic mass is 32.2. The van der Waals surface area contributed by atoms with Gasteiger partial charge in [-0.1, -0.05) is 17.7 Å². The van der Waals surface area contributed by atoms with E-state index < -0.39 is 15.6 Å². The summed E-state index contributed by atoms with van der Waals surface area (Å²) in [5, 5.41) is 18.8. The molecule has 0 fully saturated rings. The van der Waals surface area contributed by atoms with Crippen LogP contribution >= 0.6 is 0 Å². The molecule has 2 rings (SSSR count). The number of rotatable bonds is 2. The highest BCUT2D eigenvalue weighted by Gasteiger charge is 2.21. The van der Waals surface area contributed by atoms with Crippen LogP contribution in [0.1, 0.15) is 5.56 Å². The Labute approximate surface area is 105 Å². The minimum atomic E-state index is -3.76. The van der Waals surface area contributed by atoms with Gasteiger partial charge in [-0.3, -0.25) is 0 Å². The third-order valence-electron chi connectivity index (χ3n) is 2.56. The number of aromatic hydroxyl groups is 2. The van der Waals surface area contributed by atoms with Crippen molar-refractivity contribution in [2.75, 3.05) is 0 Å². The van der Waals surface area contributed by atoms with Crippen molar-refractivity contribution in [1.29, 1.82) is 0 Å². The van der Waals surface area contributed by atoms with E-state index in [1.54, 1.807) is 12.1 Å². The Kier molecular flexibility index (Phi) is 3.00. The highest BCUT2D eigenvalue weighted by molar-refractivity contribution is 7.91. The first kappa shape index (κ1) is 12.4. The van der Waals surface area contributed by atoms with Crippen molar-refractivity contribution >= 4 is 9.84 Å². The van der Waals surface area contributed by atoms with Crippen LogP contribution in [-0.2, 0) is 9.84 Å². The van der Waals surface area contributed by atoms with Crippen molar-refractivity contribution in [3.63, 3.8) is 0 Å². The predicted octanol–water partition coefficient (Wildman–Crippen LogP) is 2.24. The first-order valence-corrected chi connectivity index (χ1v) is 6.73. The summed E-state index contributed by atoms with van der Waals surface area (Å²) in [6.07, 6.45) is 0. The summed E-state index contributed by atoms with van der Waals surface area (Å²) in [6, 6.07) is 9.74. The van der Waals surface area contributed by atoms with Gasteiger partial charge in [-0.15, -0.1) is 0 Å². The Bertz CT molecular complexity index is 673. The molecule has 0 saturated carbocycles. The van der Waals surface area contributed by atoms with Crippen LogP contribution in [0.4, 0.5) is 0 Å². The topological polar surface area (TPSA) is 74.6 Å². The first-order chi connectivity index (χ1) is 8.41. The van der Waals surface area contributed by atoms with Gasteiger partial charge < -0.3 is 10.2 Å². The zero-order valence-corrected chi connectivity index (χ0v) is 10.5. The van der Waals surface area contributed by atoms with E-state index >= 15 is 0 Å². The van der Waals surface area contributed by atoms with E-state index in [4.69, 9.17) is 5.11 Å². The summed E-state index contributed by atoms with van der Waals surface area (Å²) < 4.78 is 24.5. The SMILES string of the molecule is Cc1ccc(S(=O)(=O)c2ccc(O)cc2O)cc1. The normalized spacial score (nSPS) is 11.4. The van der Waals surface area contributed by atoms with Crippen LogP contribution in [0.2, 0.25) is 0 Å². The molecule has 0 aliphatic rings. The number of benzene rings is 2. The maximum Gasteiger partial charge on any atom is 0.210 e. The van der Waals surface area contributed by atoms with Crippen molar-refractivity contribution in [3.8, 4) is 11.5 Å². The Morgan fingerprint density at radius 3 is 2.11 bits per heavy atom. The molecule has 4 nitrogen and oxygen atoms in total. The molecule has 0 aromatic heterocycles. The van der Waals surface area contributed by atoms with Gasteiger partial charge in [0, 0.05) is 6.07 Å². The Morgan fingerprint density at radius 2 is 1.56 bits per heavy atom. The summed E-state index contributed by atoms with van der Waals surface area (Å²) in [5.74, 6) is -0.647. The number of sulfone groups is 1. The molecule has 0 saturated heterocycles. The molecule has 0 spiro atoms. The van der Waals surface area contributed by atoms with Crippen molar-refractivity contribution in [2.45, 2.75) is 16.7 Å².